The zero-order valence-corrected chi connectivity index (χ0v) is 12.7. The Balaban J connectivity index is 3.21. The zero-order valence-electron chi connectivity index (χ0n) is 11.9. The molecule has 0 saturated heterocycles. The molecule has 1 rings (SSSR count). The zero-order chi connectivity index (χ0) is 15.3. The van der Waals surface area contributed by atoms with Gasteiger partial charge in [0.25, 0.3) is 0 Å². The third kappa shape index (κ3) is 4.23. The van der Waals surface area contributed by atoms with Crippen molar-refractivity contribution in [3.05, 3.63) is 28.3 Å². The molecule has 0 atom stereocenters. The normalized spacial score (nSPS) is 10.7. The number of hydrogen-bond donors (Lipinski definition) is 1. The smallest absolute Gasteiger partial charge is 0.303 e. The van der Waals surface area contributed by atoms with E-state index in [0.29, 0.717) is 22.9 Å². The van der Waals surface area contributed by atoms with E-state index < -0.39 is 5.97 Å². The summed E-state index contributed by atoms with van der Waals surface area (Å²) in [5.74, 6) is -0.591. The Morgan fingerprint density at radius 2 is 1.95 bits per heavy atom. The molecule has 1 aromatic rings. The van der Waals surface area contributed by atoms with Crippen molar-refractivity contribution in [3.63, 3.8) is 0 Å². The molecule has 0 heterocycles. The van der Waals surface area contributed by atoms with Gasteiger partial charge in [-0.1, -0.05) is 25.4 Å². The Morgan fingerprint density at radius 3 is 2.45 bits per heavy atom. The van der Waals surface area contributed by atoms with Crippen molar-refractivity contribution in [2.45, 2.75) is 39.5 Å². The molecule has 110 valence electrons. The quantitative estimate of drug-likeness (QED) is 0.775. The summed E-state index contributed by atoms with van der Waals surface area (Å²) in [6.07, 6.45) is -0.263. The highest BCUT2D eigenvalue weighted by atomic mass is 35.5. The lowest BCUT2D eigenvalue weighted by Crippen LogP contribution is -2.09. The molecule has 0 unspecified atom stereocenters. The summed E-state index contributed by atoms with van der Waals surface area (Å²) in [6, 6.07) is 3.33. The second kappa shape index (κ2) is 7.29. The average Bonchev–Trinajstić information content (AvgIpc) is 2.37. The van der Waals surface area contributed by atoms with E-state index in [4.69, 9.17) is 21.4 Å². The fourth-order valence-electron chi connectivity index (χ4n) is 1.91. The Labute approximate surface area is 123 Å². The number of ketones is 1. The van der Waals surface area contributed by atoms with Gasteiger partial charge in [-0.05, 0) is 30.5 Å². The number of carbonyl (C=O) groups is 2. The molecule has 0 aliphatic heterocycles. The van der Waals surface area contributed by atoms with Crippen molar-refractivity contribution in [2.75, 3.05) is 6.61 Å². The Bertz CT molecular complexity index is 509. The molecule has 5 heteroatoms. The van der Waals surface area contributed by atoms with Crippen LogP contribution in [0.1, 0.15) is 55.5 Å². The van der Waals surface area contributed by atoms with Crippen molar-refractivity contribution in [3.8, 4) is 5.75 Å². The number of hydrogen-bond acceptors (Lipinski definition) is 3. The average molecular weight is 299 g/mol. The number of halogens is 1. The number of carbonyl (C=O) groups excluding carboxylic acids is 1. The largest absolute Gasteiger partial charge is 0.493 e. The van der Waals surface area contributed by atoms with Gasteiger partial charge < -0.3 is 9.84 Å². The molecule has 0 aliphatic carbocycles. The van der Waals surface area contributed by atoms with Crippen LogP contribution in [0.4, 0.5) is 0 Å². The van der Waals surface area contributed by atoms with Crippen LogP contribution in [0.5, 0.6) is 5.75 Å². The predicted molar refractivity (Wildman–Crippen MR) is 77.9 cm³/mol. The topological polar surface area (TPSA) is 63.6 Å². The van der Waals surface area contributed by atoms with Crippen molar-refractivity contribution in [2.24, 2.45) is 0 Å². The lowest BCUT2D eigenvalue weighted by atomic mass is 9.96. The predicted octanol–water partition coefficient (Wildman–Crippen LogP) is 3.91. The van der Waals surface area contributed by atoms with Gasteiger partial charge in [0.2, 0.25) is 0 Å². The number of carboxylic acid groups (broad SMARTS) is 1. The summed E-state index contributed by atoms with van der Waals surface area (Å²) in [7, 11) is 0. The molecule has 4 nitrogen and oxygen atoms in total. The van der Waals surface area contributed by atoms with Crippen LogP contribution in [0.2, 0.25) is 5.02 Å². The molecule has 0 aromatic heterocycles. The third-order valence-electron chi connectivity index (χ3n) is 2.86. The van der Waals surface area contributed by atoms with Gasteiger partial charge in [-0.2, -0.15) is 0 Å². The fraction of sp³-hybridized carbons (Fsp3) is 0.467. The first-order valence-corrected chi connectivity index (χ1v) is 6.95. The van der Waals surface area contributed by atoms with Crippen LogP contribution in [0, 0.1) is 0 Å². The van der Waals surface area contributed by atoms with Gasteiger partial charge in [-0.3, -0.25) is 9.59 Å². The van der Waals surface area contributed by atoms with Crippen LogP contribution in [0.15, 0.2) is 12.1 Å². The van der Waals surface area contributed by atoms with Crippen molar-refractivity contribution in [1.82, 2.24) is 0 Å². The van der Waals surface area contributed by atoms with Crippen LogP contribution in [-0.4, -0.2) is 23.5 Å². The molecule has 0 bridgehead atoms. The number of benzene rings is 1. The maximum atomic E-state index is 12.2. The van der Waals surface area contributed by atoms with Crippen molar-refractivity contribution in [1.29, 1.82) is 0 Å². The number of Topliss-reactive ketones (excluding diaryl/α,β-unsaturated/α-hetero) is 1. The summed E-state index contributed by atoms with van der Waals surface area (Å²) in [5.41, 5.74) is 1.22. The minimum Gasteiger partial charge on any atom is -0.493 e. The highest BCUT2D eigenvalue weighted by molar-refractivity contribution is 6.31. The minimum absolute atomic E-state index is 0.0622. The highest BCUT2D eigenvalue weighted by Crippen LogP contribution is 2.34. The Hall–Kier alpha value is -1.55. The van der Waals surface area contributed by atoms with Crippen LogP contribution in [0.3, 0.4) is 0 Å². The summed E-state index contributed by atoms with van der Waals surface area (Å²) in [4.78, 5) is 22.7. The first-order chi connectivity index (χ1) is 9.36. The molecule has 1 N–H and O–H groups in total. The van der Waals surface area contributed by atoms with E-state index in [1.807, 2.05) is 20.8 Å². The first kappa shape index (κ1) is 16.5. The number of aliphatic carboxylic acids is 1. The van der Waals surface area contributed by atoms with E-state index in [9.17, 15) is 9.59 Å². The molecule has 0 radical (unpaired) electrons. The van der Waals surface area contributed by atoms with Crippen molar-refractivity contribution >= 4 is 23.4 Å². The molecular formula is C15H19ClO4. The number of ether oxygens (including phenoxy) is 1. The summed E-state index contributed by atoms with van der Waals surface area (Å²) in [5, 5.41) is 9.12. The van der Waals surface area contributed by atoms with Gasteiger partial charge in [0.15, 0.2) is 5.78 Å². The first-order valence-electron chi connectivity index (χ1n) is 6.58. The van der Waals surface area contributed by atoms with Crippen LogP contribution < -0.4 is 4.74 Å². The Kier molecular flexibility index (Phi) is 6.02. The Morgan fingerprint density at radius 1 is 1.30 bits per heavy atom. The maximum Gasteiger partial charge on any atom is 0.303 e. The van der Waals surface area contributed by atoms with E-state index in [1.165, 1.54) is 0 Å². The molecule has 0 spiro atoms. The van der Waals surface area contributed by atoms with E-state index in [0.717, 1.165) is 5.56 Å². The van der Waals surface area contributed by atoms with Crippen LogP contribution in [0.25, 0.3) is 0 Å². The fourth-order valence-corrected chi connectivity index (χ4v) is 2.14. The van der Waals surface area contributed by atoms with E-state index >= 15 is 0 Å². The second-order valence-corrected chi connectivity index (χ2v) is 5.21. The maximum absolute atomic E-state index is 12.2. The standard InChI is InChI=1S/C15H19ClO4/c1-4-20-15-11(9(2)3)7-10(16)8-12(15)13(17)5-6-14(18)19/h7-9H,4-6H2,1-3H3,(H,18,19). The minimum atomic E-state index is -0.998. The molecule has 20 heavy (non-hydrogen) atoms. The molecular weight excluding hydrogens is 280 g/mol. The van der Waals surface area contributed by atoms with Crippen molar-refractivity contribution < 1.29 is 19.4 Å². The van der Waals surface area contributed by atoms with E-state index in [1.54, 1.807) is 12.1 Å². The van der Waals surface area contributed by atoms with Gasteiger partial charge in [-0.15, -0.1) is 0 Å². The second-order valence-electron chi connectivity index (χ2n) is 4.78. The van der Waals surface area contributed by atoms with Crippen LogP contribution >= 0.6 is 11.6 Å². The molecule has 0 fully saturated rings. The molecule has 0 aliphatic rings. The molecule has 1 aromatic carbocycles. The van der Waals surface area contributed by atoms with Gasteiger partial charge in [-0.25, -0.2) is 0 Å². The molecule has 0 saturated carbocycles. The highest BCUT2D eigenvalue weighted by Gasteiger charge is 2.20. The van der Waals surface area contributed by atoms with Gasteiger partial charge in [0, 0.05) is 11.4 Å². The SMILES string of the molecule is CCOc1c(C(=O)CCC(=O)O)cc(Cl)cc1C(C)C. The van der Waals surface area contributed by atoms with Gasteiger partial charge >= 0.3 is 5.97 Å². The van der Waals surface area contributed by atoms with E-state index in [-0.39, 0.29) is 24.5 Å². The number of rotatable bonds is 7. The molecule has 0 amide bonds. The third-order valence-corrected chi connectivity index (χ3v) is 3.08. The monoisotopic (exact) mass is 298 g/mol. The number of carboxylic acids is 1. The summed E-state index contributed by atoms with van der Waals surface area (Å²) < 4.78 is 5.59. The summed E-state index contributed by atoms with van der Waals surface area (Å²) >= 11 is 6.05. The lowest BCUT2D eigenvalue weighted by molar-refractivity contribution is -0.136. The lowest BCUT2D eigenvalue weighted by Gasteiger charge is -2.17. The van der Waals surface area contributed by atoms with Gasteiger partial charge in [0.1, 0.15) is 5.75 Å². The van der Waals surface area contributed by atoms with Gasteiger partial charge in [0.05, 0.1) is 18.6 Å². The summed E-state index contributed by atoms with van der Waals surface area (Å²) in [6.45, 7) is 6.24. The van der Waals surface area contributed by atoms with E-state index in [2.05, 4.69) is 0 Å². The van der Waals surface area contributed by atoms with Crippen LogP contribution in [-0.2, 0) is 4.79 Å².